The number of amides is 1. The zero-order valence-electron chi connectivity index (χ0n) is 16.2. The second-order valence-electron chi connectivity index (χ2n) is 6.97. The summed E-state index contributed by atoms with van der Waals surface area (Å²) in [7, 11) is 0. The van der Waals surface area contributed by atoms with Gasteiger partial charge in [-0.05, 0) is 29.7 Å². The maximum absolute atomic E-state index is 12.2. The first-order valence-corrected chi connectivity index (χ1v) is 9.80. The summed E-state index contributed by atoms with van der Waals surface area (Å²) in [4.78, 5) is 14.5. The van der Waals surface area contributed by atoms with Gasteiger partial charge in [-0.15, -0.1) is 0 Å². The highest BCUT2D eigenvalue weighted by molar-refractivity contribution is 5.81. The standard InChI is InChI=1S/C22H29N3O3/c23-21(22(26)24-10-11-25-12-14-27-15-13-25)16-18-6-8-20(9-7-18)28-17-19-4-2-1-3-5-19/h1-9,21H,10-17,23H2,(H,24,26). The van der Waals surface area contributed by atoms with Crippen molar-refractivity contribution in [1.82, 2.24) is 10.2 Å². The van der Waals surface area contributed by atoms with Crippen molar-refractivity contribution in [3.63, 3.8) is 0 Å². The van der Waals surface area contributed by atoms with Gasteiger partial charge in [0.1, 0.15) is 12.4 Å². The number of hydrogen-bond donors (Lipinski definition) is 2. The molecule has 0 saturated carbocycles. The maximum atomic E-state index is 12.2. The van der Waals surface area contributed by atoms with Crippen LogP contribution in [0, 0.1) is 0 Å². The van der Waals surface area contributed by atoms with Crippen molar-refractivity contribution in [1.29, 1.82) is 0 Å². The molecule has 150 valence electrons. The van der Waals surface area contributed by atoms with E-state index in [0.717, 1.165) is 49.7 Å². The molecule has 1 amide bonds. The van der Waals surface area contributed by atoms with Gasteiger partial charge in [0, 0.05) is 26.2 Å². The maximum Gasteiger partial charge on any atom is 0.237 e. The zero-order valence-corrected chi connectivity index (χ0v) is 16.2. The number of rotatable bonds is 9. The Kier molecular flexibility index (Phi) is 7.84. The molecular formula is C22H29N3O3. The molecule has 0 aromatic heterocycles. The Labute approximate surface area is 166 Å². The van der Waals surface area contributed by atoms with Crippen LogP contribution in [-0.2, 0) is 22.6 Å². The lowest BCUT2D eigenvalue weighted by molar-refractivity contribution is -0.122. The molecule has 0 radical (unpaired) electrons. The molecule has 6 nitrogen and oxygen atoms in total. The Bertz CT molecular complexity index is 716. The van der Waals surface area contributed by atoms with Crippen LogP contribution in [0.4, 0.5) is 0 Å². The molecule has 1 unspecified atom stereocenters. The monoisotopic (exact) mass is 383 g/mol. The summed E-state index contributed by atoms with van der Waals surface area (Å²) in [5.41, 5.74) is 8.21. The van der Waals surface area contributed by atoms with E-state index in [1.54, 1.807) is 0 Å². The largest absolute Gasteiger partial charge is 0.489 e. The van der Waals surface area contributed by atoms with E-state index in [4.69, 9.17) is 15.2 Å². The summed E-state index contributed by atoms with van der Waals surface area (Å²) >= 11 is 0. The number of carbonyl (C=O) groups excluding carboxylic acids is 1. The Morgan fingerprint density at radius 3 is 2.50 bits per heavy atom. The van der Waals surface area contributed by atoms with Crippen LogP contribution in [0.1, 0.15) is 11.1 Å². The fraction of sp³-hybridized carbons (Fsp3) is 0.409. The number of nitrogens with zero attached hydrogens (tertiary/aromatic N) is 1. The zero-order chi connectivity index (χ0) is 19.6. The number of hydrogen-bond acceptors (Lipinski definition) is 5. The van der Waals surface area contributed by atoms with Crippen LogP contribution in [0.5, 0.6) is 5.75 Å². The molecule has 1 heterocycles. The van der Waals surface area contributed by atoms with Gasteiger partial charge in [0.2, 0.25) is 5.91 Å². The highest BCUT2D eigenvalue weighted by atomic mass is 16.5. The van der Waals surface area contributed by atoms with Crippen LogP contribution in [0.25, 0.3) is 0 Å². The molecule has 1 saturated heterocycles. The van der Waals surface area contributed by atoms with Gasteiger partial charge in [0.15, 0.2) is 0 Å². The van der Waals surface area contributed by atoms with E-state index in [2.05, 4.69) is 10.2 Å². The van der Waals surface area contributed by atoms with Crippen LogP contribution in [0.2, 0.25) is 0 Å². The first-order chi connectivity index (χ1) is 13.7. The van der Waals surface area contributed by atoms with Crippen LogP contribution in [0.15, 0.2) is 54.6 Å². The van der Waals surface area contributed by atoms with E-state index in [-0.39, 0.29) is 5.91 Å². The lowest BCUT2D eigenvalue weighted by Crippen LogP contribution is -2.46. The number of nitrogens with one attached hydrogen (secondary N) is 1. The molecule has 0 aliphatic carbocycles. The van der Waals surface area contributed by atoms with Gasteiger partial charge >= 0.3 is 0 Å². The minimum atomic E-state index is -0.555. The van der Waals surface area contributed by atoms with Crippen LogP contribution in [-0.4, -0.2) is 56.2 Å². The Morgan fingerprint density at radius 2 is 1.79 bits per heavy atom. The number of nitrogens with two attached hydrogens (primary N) is 1. The van der Waals surface area contributed by atoms with Crippen molar-refractivity contribution >= 4 is 5.91 Å². The van der Waals surface area contributed by atoms with Crippen LogP contribution >= 0.6 is 0 Å². The average Bonchev–Trinajstić information content (AvgIpc) is 2.74. The predicted octanol–water partition coefficient (Wildman–Crippen LogP) is 1.58. The average molecular weight is 383 g/mol. The molecule has 2 aromatic carbocycles. The third-order valence-electron chi connectivity index (χ3n) is 4.80. The first kappa shape index (κ1) is 20.3. The van der Waals surface area contributed by atoms with Crippen LogP contribution in [0.3, 0.4) is 0 Å². The van der Waals surface area contributed by atoms with E-state index in [1.807, 2.05) is 54.6 Å². The van der Waals surface area contributed by atoms with Crippen molar-refractivity contribution in [2.75, 3.05) is 39.4 Å². The van der Waals surface area contributed by atoms with E-state index in [0.29, 0.717) is 19.6 Å². The highest BCUT2D eigenvalue weighted by Gasteiger charge is 2.15. The Balaban J connectivity index is 1.38. The topological polar surface area (TPSA) is 76.8 Å². The van der Waals surface area contributed by atoms with Gasteiger partial charge in [-0.3, -0.25) is 9.69 Å². The van der Waals surface area contributed by atoms with Gasteiger partial charge in [-0.1, -0.05) is 42.5 Å². The third-order valence-corrected chi connectivity index (χ3v) is 4.80. The van der Waals surface area contributed by atoms with E-state index in [1.165, 1.54) is 0 Å². The fourth-order valence-electron chi connectivity index (χ4n) is 3.10. The van der Waals surface area contributed by atoms with Crippen molar-refractivity contribution in [3.05, 3.63) is 65.7 Å². The molecule has 6 heteroatoms. The molecule has 0 spiro atoms. The van der Waals surface area contributed by atoms with Gasteiger partial charge in [0.05, 0.1) is 19.3 Å². The molecular weight excluding hydrogens is 354 g/mol. The normalized spacial score (nSPS) is 15.8. The van der Waals surface area contributed by atoms with Crippen molar-refractivity contribution in [2.45, 2.75) is 19.1 Å². The number of ether oxygens (including phenoxy) is 2. The van der Waals surface area contributed by atoms with Crippen molar-refractivity contribution in [3.8, 4) is 5.75 Å². The summed E-state index contributed by atoms with van der Waals surface area (Å²) in [5, 5.41) is 2.93. The van der Waals surface area contributed by atoms with E-state index in [9.17, 15) is 4.79 Å². The molecule has 1 aliphatic heterocycles. The second kappa shape index (κ2) is 10.8. The highest BCUT2D eigenvalue weighted by Crippen LogP contribution is 2.15. The summed E-state index contributed by atoms with van der Waals surface area (Å²) in [6.07, 6.45) is 0.502. The first-order valence-electron chi connectivity index (χ1n) is 9.80. The SMILES string of the molecule is NC(Cc1ccc(OCc2ccccc2)cc1)C(=O)NCCN1CCOCC1. The minimum Gasteiger partial charge on any atom is -0.489 e. The molecule has 0 bridgehead atoms. The van der Waals surface area contributed by atoms with Gasteiger partial charge in [0.25, 0.3) is 0 Å². The third kappa shape index (κ3) is 6.64. The van der Waals surface area contributed by atoms with Gasteiger partial charge < -0.3 is 20.5 Å². The van der Waals surface area contributed by atoms with Crippen molar-refractivity contribution in [2.24, 2.45) is 5.73 Å². The molecule has 1 fully saturated rings. The Hall–Kier alpha value is -2.41. The lowest BCUT2D eigenvalue weighted by Gasteiger charge is -2.26. The fourth-order valence-corrected chi connectivity index (χ4v) is 3.10. The molecule has 1 aliphatic rings. The number of morpholine rings is 1. The lowest BCUT2D eigenvalue weighted by atomic mass is 10.1. The molecule has 3 rings (SSSR count). The van der Waals surface area contributed by atoms with Crippen LogP contribution < -0.4 is 15.8 Å². The van der Waals surface area contributed by atoms with Gasteiger partial charge in [-0.2, -0.15) is 0 Å². The van der Waals surface area contributed by atoms with Crippen molar-refractivity contribution < 1.29 is 14.3 Å². The quantitative estimate of drug-likeness (QED) is 0.688. The smallest absolute Gasteiger partial charge is 0.237 e. The second-order valence-corrected chi connectivity index (χ2v) is 6.97. The predicted molar refractivity (Wildman–Crippen MR) is 109 cm³/mol. The molecule has 28 heavy (non-hydrogen) atoms. The molecule has 2 aromatic rings. The Morgan fingerprint density at radius 1 is 1.07 bits per heavy atom. The summed E-state index contributed by atoms with van der Waals surface area (Å²) in [5.74, 6) is 0.689. The summed E-state index contributed by atoms with van der Waals surface area (Å²) in [6.45, 7) is 5.33. The molecule has 3 N–H and O–H groups in total. The number of benzene rings is 2. The molecule has 1 atom stereocenters. The minimum absolute atomic E-state index is 0.113. The number of carbonyl (C=O) groups is 1. The van der Waals surface area contributed by atoms with Gasteiger partial charge in [-0.25, -0.2) is 0 Å². The van der Waals surface area contributed by atoms with E-state index >= 15 is 0 Å². The van der Waals surface area contributed by atoms with E-state index < -0.39 is 6.04 Å². The summed E-state index contributed by atoms with van der Waals surface area (Å²) < 4.78 is 11.1. The summed E-state index contributed by atoms with van der Waals surface area (Å²) in [6, 6.07) is 17.2.